The van der Waals surface area contributed by atoms with Gasteiger partial charge in [0.25, 0.3) is 10.2 Å². The molecule has 1 unspecified atom stereocenters. The Labute approximate surface area is 97.7 Å². The first-order valence-corrected chi connectivity index (χ1v) is 6.01. The zero-order chi connectivity index (χ0) is 13.9. The standard InChI is InChI=1S/C7H15F3N4O2S/c1-5(6(11)12)3-14(2)17(15,16)13-4-7(8,9)10/h5,13H,3-4H2,1-2H3,(H3,11,12). The average Bonchev–Trinajstić information content (AvgIpc) is 2.13. The Balaban J connectivity index is 4.46. The fraction of sp³-hybridized carbons (Fsp3) is 0.857. The summed E-state index contributed by atoms with van der Waals surface area (Å²) in [4.78, 5) is 0. The monoisotopic (exact) mass is 276 g/mol. The summed E-state index contributed by atoms with van der Waals surface area (Å²) in [7, 11) is -3.10. The third kappa shape index (κ3) is 6.44. The van der Waals surface area contributed by atoms with Gasteiger partial charge in [0.2, 0.25) is 0 Å². The van der Waals surface area contributed by atoms with Crippen LogP contribution in [0.1, 0.15) is 6.92 Å². The van der Waals surface area contributed by atoms with Crippen LogP contribution in [0.3, 0.4) is 0 Å². The van der Waals surface area contributed by atoms with E-state index in [-0.39, 0.29) is 12.4 Å². The minimum atomic E-state index is -4.61. The number of hydrogen-bond acceptors (Lipinski definition) is 3. The second-order valence-electron chi connectivity index (χ2n) is 3.58. The average molecular weight is 276 g/mol. The summed E-state index contributed by atoms with van der Waals surface area (Å²) < 4.78 is 60.3. The first kappa shape index (κ1) is 16.1. The highest BCUT2D eigenvalue weighted by molar-refractivity contribution is 7.87. The molecule has 0 radical (unpaired) electrons. The lowest BCUT2D eigenvalue weighted by Gasteiger charge is -2.21. The molecule has 0 fully saturated rings. The largest absolute Gasteiger partial charge is 0.402 e. The van der Waals surface area contributed by atoms with Crippen LogP contribution in [0.5, 0.6) is 0 Å². The van der Waals surface area contributed by atoms with Crippen molar-refractivity contribution in [3.05, 3.63) is 0 Å². The zero-order valence-corrected chi connectivity index (χ0v) is 10.2. The fourth-order valence-corrected chi connectivity index (χ4v) is 1.85. The number of nitrogens with one attached hydrogen (secondary N) is 2. The number of nitrogens with zero attached hydrogens (tertiary/aromatic N) is 1. The van der Waals surface area contributed by atoms with Crippen molar-refractivity contribution in [3.8, 4) is 0 Å². The normalized spacial score (nSPS) is 14.9. The summed E-state index contributed by atoms with van der Waals surface area (Å²) in [5.74, 6) is -0.801. The first-order chi connectivity index (χ1) is 7.46. The molecule has 6 nitrogen and oxygen atoms in total. The molecule has 1 atom stereocenters. The number of rotatable bonds is 6. The van der Waals surface area contributed by atoms with Gasteiger partial charge in [-0.15, -0.1) is 0 Å². The minimum absolute atomic E-state index is 0.164. The van der Waals surface area contributed by atoms with Gasteiger partial charge in [0.15, 0.2) is 0 Å². The Hall–Kier alpha value is -0.870. The van der Waals surface area contributed by atoms with E-state index in [4.69, 9.17) is 11.1 Å². The lowest BCUT2D eigenvalue weighted by atomic mass is 10.2. The Morgan fingerprint density at radius 1 is 1.53 bits per heavy atom. The van der Waals surface area contributed by atoms with Crippen LogP contribution in [0.15, 0.2) is 0 Å². The van der Waals surface area contributed by atoms with Crippen molar-refractivity contribution < 1.29 is 21.6 Å². The third-order valence-electron chi connectivity index (χ3n) is 1.93. The number of amidine groups is 1. The van der Waals surface area contributed by atoms with E-state index in [0.29, 0.717) is 4.31 Å². The highest BCUT2D eigenvalue weighted by Gasteiger charge is 2.31. The van der Waals surface area contributed by atoms with Crippen LogP contribution < -0.4 is 10.5 Å². The highest BCUT2D eigenvalue weighted by Crippen LogP contribution is 2.13. The van der Waals surface area contributed by atoms with E-state index in [1.807, 2.05) is 0 Å². The molecule has 17 heavy (non-hydrogen) atoms. The lowest BCUT2D eigenvalue weighted by molar-refractivity contribution is -0.121. The van der Waals surface area contributed by atoms with E-state index >= 15 is 0 Å². The van der Waals surface area contributed by atoms with Gasteiger partial charge < -0.3 is 5.73 Å². The summed E-state index contributed by atoms with van der Waals surface area (Å²) in [5.41, 5.74) is 5.13. The third-order valence-corrected chi connectivity index (χ3v) is 3.41. The molecule has 0 aromatic carbocycles. The maximum absolute atomic E-state index is 11.8. The zero-order valence-electron chi connectivity index (χ0n) is 9.37. The number of hydrogen-bond donors (Lipinski definition) is 3. The molecule has 0 saturated heterocycles. The van der Waals surface area contributed by atoms with Gasteiger partial charge in [0.1, 0.15) is 6.54 Å². The molecule has 0 amide bonds. The smallest absolute Gasteiger partial charge is 0.387 e. The number of nitrogens with two attached hydrogens (primary N) is 1. The Kier molecular flexibility index (Phi) is 5.36. The number of alkyl halides is 3. The van der Waals surface area contributed by atoms with Gasteiger partial charge in [-0.3, -0.25) is 5.41 Å². The van der Waals surface area contributed by atoms with E-state index in [9.17, 15) is 21.6 Å². The Bertz CT molecular complexity index is 368. The molecule has 0 saturated carbocycles. The van der Waals surface area contributed by atoms with Crippen LogP contribution >= 0.6 is 0 Å². The molecule has 0 aromatic heterocycles. The second kappa shape index (κ2) is 5.65. The van der Waals surface area contributed by atoms with Crippen LogP contribution in [0.4, 0.5) is 13.2 Å². The maximum Gasteiger partial charge on any atom is 0.402 e. The van der Waals surface area contributed by atoms with Crippen molar-refractivity contribution in [2.45, 2.75) is 13.1 Å². The van der Waals surface area contributed by atoms with Crippen molar-refractivity contribution in [2.24, 2.45) is 11.7 Å². The predicted octanol–water partition coefficient (Wildman–Crippen LogP) is -0.113. The van der Waals surface area contributed by atoms with Crippen molar-refractivity contribution in [1.29, 1.82) is 5.41 Å². The molecule has 4 N–H and O–H groups in total. The van der Waals surface area contributed by atoms with Crippen molar-refractivity contribution in [2.75, 3.05) is 20.1 Å². The first-order valence-electron chi connectivity index (χ1n) is 4.57. The number of halogens is 3. The maximum atomic E-state index is 11.8. The van der Waals surface area contributed by atoms with Gasteiger partial charge in [0.05, 0.1) is 5.84 Å². The van der Waals surface area contributed by atoms with E-state index in [1.54, 1.807) is 0 Å². The molecule has 0 rings (SSSR count). The summed E-state index contributed by atoms with van der Waals surface area (Å²) in [6, 6.07) is 0. The summed E-state index contributed by atoms with van der Waals surface area (Å²) in [5, 5.41) is 7.06. The molecule has 0 bridgehead atoms. The van der Waals surface area contributed by atoms with Gasteiger partial charge in [-0.2, -0.15) is 30.6 Å². The minimum Gasteiger partial charge on any atom is -0.387 e. The molecule has 0 heterocycles. The fourth-order valence-electron chi connectivity index (χ4n) is 0.865. The predicted molar refractivity (Wildman–Crippen MR) is 56.7 cm³/mol. The molecule has 102 valence electrons. The van der Waals surface area contributed by atoms with Gasteiger partial charge in [-0.05, 0) is 0 Å². The molecule has 0 aromatic rings. The summed E-state index contributed by atoms with van der Waals surface area (Å²) in [6.45, 7) is -0.297. The van der Waals surface area contributed by atoms with Crippen molar-refractivity contribution in [1.82, 2.24) is 9.03 Å². The molecule has 0 spiro atoms. The SMILES string of the molecule is CC(CN(C)S(=O)(=O)NCC(F)(F)F)C(=N)N. The van der Waals surface area contributed by atoms with E-state index in [1.165, 1.54) is 11.6 Å². The van der Waals surface area contributed by atoms with Crippen LogP contribution in [-0.2, 0) is 10.2 Å². The van der Waals surface area contributed by atoms with Crippen LogP contribution in [0, 0.1) is 11.3 Å². The van der Waals surface area contributed by atoms with Gasteiger partial charge in [0, 0.05) is 19.5 Å². The van der Waals surface area contributed by atoms with Crippen LogP contribution in [0.2, 0.25) is 0 Å². The highest BCUT2D eigenvalue weighted by atomic mass is 32.2. The molecule has 0 aliphatic rings. The van der Waals surface area contributed by atoms with E-state index in [2.05, 4.69) is 0 Å². The second-order valence-corrected chi connectivity index (χ2v) is 5.44. The van der Waals surface area contributed by atoms with Crippen molar-refractivity contribution in [3.63, 3.8) is 0 Å². The molecule has 0 aliphatic carbocycles. The molecule has 0 aliphatic heterocycles. The van der Waals surface area contributed by atoms with E-state index < -0.39 is 28.8 Å². The van der Waals surface area contributed by atoms with Crippen LogP contribution in [-0.4, -0.2) is 44.9 Å². The quantitative estimate of drug-likeness (QED) is 0.466. The van der Waals surface area contributed by atoms with Crippen molar-refractivity contribution >= 4 is 16.0 Å². The van der Waals surface area contributed by atoms with Gasteiger partial charge >= 0.3 is 6.18 Å². The molecule has 10 heteroatoms. The Morgan fingerprint density at radius 3 is 2.35 bits per heavy atom. The van der Waals surface area contributed by atoms with E-state index in [0.717, 1.165) is 7.05 Å². The summed E-state index contributed by atoms with van der Waals surface area (Å²) >= 11 is 0. The van der Waals surface area contributed by atoms with Gasteiger partial charge in [-0.25, -0.2) is 0 Å². The van der Waals surface area contributed by atoms with Gasteiger partial charge in [-0.1, -0.05) is 6.92 Å². The summed E-state index contributed by atoms with van der Waals surface area (Å²) in [6.07, 6.45) is -4.61. The van der Waals surface area contributed by atoms with Crippen LogP contribution in [0.25, 0.3) is 0 Å². The molecular weight excluding hydrogens is 261 g/mol. The molecular formula is C7H15F3N4O2S. The lowest BCUT2D eigenvalue weighted by Crippen LogP contribution is -2.45. The Morgan fingerprint density at radius 2 is 2.00 bits per heavy atom. The topological polar surface area (TPSA) is 99.3 Å².